The number of benzene rings is 1. The third kappa shape index (κ3) is 6.05. The summed E-state index contributed by atoms with van der Waals surface area (Å²) in [5, 5.41) is 6.58. The average molecular weight is 505 g/mol. The van der Waals surface area contributed by atoms with E-state index >= 15 is 0 Å². The van der Waals surface area contributed by atoms with Crippen LogP contribution in [-0.4, -0.2) is 26.3 Å². The summed E-state index contributed by atoms with van der Waals surface area (Å²) in [5.74, 6) is 1.21. The second-order valence-corrected chi connectivity index (χ2v) is 7.24. The van der Waals surface area contributed by atoms with Crippen molar-refractivity contribution < 1.29 is 13.9 Å². The number of hydrogen-bond acceptors (Lipinski definition) is 4. The van der Waals surface area contributed by atoms with Crippen molar-refractivity contribution in [1.82, 2.24) is 10.6 Å². The zero-order chi connectivity index (χ0) is 18.4. The van der Waals surface area contributed by atoms with Gasteiger partial charge in [0.05, 0.1) is 13.2 Å². The molecule has 0 saturated heterocycles. The first kappa shape index (κ1) is 21.9. The lowest BCUT2D eigenvalue weighted by molar-refractivity contribution is -0.0172. The molecule has 0 saturated carbocycles. The van der Waals surface area contributed by atoms with Crippen molar-refractivity contribution in [2.45, 2.75) is 32.9 Å². The van der Waals surface area contributed by atoms with Crippen LogP contribution >= 0.6 is 35.3 Å². The van der Waals surface area contributed by atoms with Crippen LogP contribution in [0.25, 0.3) is 0 Å². The molecule has 148 valence electrons. The van der Waals surface area contributed by atoms with E-state index < -0.39 is 0 Å². The van der Waals surface area contributed by atoms with E-state index in [1.807, 2.05) is 11.3 Å². The molecule has 8 heteroatoms. The minimum absolute atomic E-state index is 0. The molecule has 0 bridgehead atoms. The zero-order valence-corrected chi connectivity index (χ0v) is 18.7. The number of ether oxygens (including phenoxy) is 2. The third-order valence-corrected chi connectivity index (χ3v) is 5.39. The van der Waals surface area contributed by atoms with Crippen LogP contribution in [-0.2, 0) is 30.7 Å². The summed E-state index contributed by atoms with van der Waals surface area (Å²) in [4.78, 5) is 6.89. The van der Waals surface area contributed by atoms with E-state index in [0.29, 0.717) is 19.6 Å². The normalized spacial score (nSPS) is 13.4. The summed E-state index contributed by atoms with van der Waals surface area (Å²) in [6, 6.07) is 7.30. The molecule has 1 aromatic heterocycles. The van der Waals surface area contributed by atoms with Gasteiger partial charge in [-0.25, -0.2) is 4.39 Å². The van der Waals surface area contributed by atoms with Crippen LogP contribution in [0.1, 0.15) is 27.8 Å². The largest absolute Gasteiger partial charge is 0.467 e. The van der Waals surface area contributed by atoms with Crippen molar-refractivity contribution in [3.05, 3.63) is 51.0 Å². The van der Waals surface area contributed by atoms with Crippen LogP contribution in [0.15, 0.2) is 29.3 Å². The number of aliphatic imine (C=N–C) groups is 1. The molecule has 1 aliphatic rings. The Labute approximate surface area is 180 Å². The second kappa shape index (κ2) is 10.8. The van der Waals surface area contributed by atoms with Crippen LogP contribution in [0, 0.1) is 5.82 Å². The fourth-order valence-corrected chi connectivity index (χ4v) is 3.75. The Balaban J connectivity index is 0.00000261. The van der Waals surface area contributed by atoms with Crippen molar-refractivity contribution >= 4 is 41.3 Å². The van der Waals surface area contributed by atoms with Crippen LogP contribution in [0.3, 0.4) is 0 Å². The first-order valence-electron chi connectivity index (χ1n) is 8.73. The van der Waals surface area contributed by atoms with Gasteiger partial charge in [-0.2, -0.15) is 0 Å². The van der Waals surface area contributed by atoms with E-state index in [2.05, 4.69) is 34.7 Å². The molecule has 2 aromatic rings. The average Bonchev–Trinajstić information content (AvgIpc) is 3.12. The van der Waals surface area contributed by atoms with Crippen LogP contribution < -0.4 is 15.4 Å². The molecule has 0 spiro atoms. The van der Waals surface area contributed by atoms with Gasteiger partial charge < -0.3 is 20.1 Å². The highest BCUT2D eigenvalue weighted by molar-refractivity contribution is 14.0. The molecule has 0 amide bonds. The molecule has 1 aliphatic heterocycles. The maximum Gasteiger partial charge on any atom is 0.191 e. The predicted molar refractivity (Wildman–Crippen MR) is 118 cm³/mol. The van der Waals surface area contributed by atoms with E-state index in [1.54, 1.807) is 7.05 Å². The molecule has 0 aliphatic carbocycles. The van der Waals surface area contributed by atoms with Crippen molar-refractivity contribution in [1.29, 1.82) is 0 Å². The van der Waals surface area contributed by atoms with Gasteiger partial charge in [-0.15, -0.1) is 35.3 Å². The Morgan fingerprint density at radius 3 is 2.81 bits per heavy atom. The SMILES string of the molecule is CCc1ccc(CNC(=NC)NCCc2cc(F)cc3c2OCOC3)s1.I. The number of fused-ring (bicyclic) bond motifs is 1. The van der Waals surface area contributed by atoms with E-state index in [4.69, 9.17) is 9.47 Å². The first-order chi connectivity index (χ1) is 12.7. The van der Waals surface area contributed by atoms with Gasteiger partial charge in [0.15, 0.2) is 12.8 Å². The standard InChI is InChI=1S/C19H24FN3O2S.HI/c1-3-16-4-5-17(26-16)10-23-19(21-2)22-7-6-13-8-15(20)9-14-11-24-12-25-18(13)14;/h4-5,8-9H,3,6-7,10-12H2,1-2H3,(H2,21,22,23);1H. The number of halogens is 2. The number of nitrogens with one attached hydrogen (secondary N) is 2. The lowest BCUT2D eigenvalue weighted by Gasteiger charge is -2.21. The van der Waals surface area contributed by atoms with Crippen molar-refractivity contribution in [3.63, 3.8) is 0 Å². The Morgan fingerprint density at radius 2 is 2.07 bits per heavy atom. The number of hydrogen-bond donors (Lipinski definition) is 2. The summed E-state index contributed by atoms with van der Waals surface area (Å²) >= 11 is 1.81. The molecular formula is C19H25FIN3O2S. The summed E-state index contributed by atoms with van der Waals surface area (Å²) in [6.45, 7) is 4.12. The molecule has 0 atom stereocenters. The highest BCUT2D eigenvalue weighted by atomic mass is 127. The fraction of sp³-hybridized carbons (Fsp3) is 0.421. The molecule has 0 unspecified atom stereocenters. The van der Waals surface area contributed by atoms with Gasteiger partial charge in [-0.3, -0.25) is 4.99 Å². The minimum atomic E-state index is -0.264. The highest BCUT2D eigenvalue weighted by Crippen LogP contribution is 2.29. The van der Waals surface area contributed by atoms with Crippen molar-refractivity contribution in [2.75, 3.05) is 20.4 Å². The van der Waals surface area contributed by atoms with Crippen molar-refractivity contribution in [2.24, 2.45) is 4.99 Å². The maximum atomic E-state index is 13.8. The fourth-order valence-electron chi connectivity index (χ4n) is 2.86. The Hall–Kier alpha value is -1.39. The summed E-state index contributed by atoms with van der Waals surface area (Å²) in [6.07, 6.45) is 1.70. The van der Waals surface area contributed by atoms with Gasteiger partial charge in [0.2, 0.25) is 0 Å². The predicted octanol–water partition coefficient (Wildman–Crippen LogP) is 3.84. The number of rotatable bonds is 6. The molecule has 3 rings (SSSR count). The molecule has 0 radical (unpaired) electrons. The van der Waals surface area contributed by atoms with Crippen molar-refractivity contribution in [3.8, 4) is 5.75 Å². The maximum absolute atomic E-state index is 13.8. The Kier molecular flexibility index (Phi) is 8.78. The zero-order valence-electron chi connectivity index (χ0n) is 15.5. The van der Waals surface area contributed by atoms with Gasteiger partial charge in [-0.1, -0.05) is 6.92 Å². The van der Waals surface area contributed by atoms with Gasteiger partial charge in [0, 0.05) is 28.9 Å². The van der Waals surface area contributed by atoms with E-state index in [-0.39, 0.29) is 36.6 Å². The van der Waals surface area contributed by atoms with Gasteiger partial charge >= 0.3 is 0 Å². The summed E-state index contributed by atoms with van der Waals surface area (Å²) < 4.78 is 24.5. The second-order valence-electron chi connectivity index (χ2n) is 5.99. The smallest absolute Gasteiger partial charge is 0.191 e. The van der Waals surface area contributed by atoms with Crippen LogP contribution in [0.5, 0.6) is 5.75 Å². The van der Waals surface area contributed by atoms with Gasteiger partial charge in [0.25, 0.3) is 0 Å². The number of thiophene rings is 1. The van der Waals surface area contributed by atoms with E-state index in [9.17, 15) is 4.39 Å². The third-order valence-electron chi connectivity index (χ3n) is 4.16. The molecule has 2 heterocycles. The Bertz CT molecular complexity index is 782. The monoisotopic (exact) mass is 505 g/mol. The van der Waals surface area contributed by atoms with Crippen LogP contribution in [0.2, 0.25) is 0 Å². The Morgan fingerprint density at radius 1 is 1.26 bits per heavy atom. The van der Waals surface area contributed by atoms with Crippen LogP contribution in [0.4, 0.5) is 4.39 Å². The van der Waals surface area contributed by atoms with Gasteiger partial charge in [0.1, 0.15) is 11.6 Å². The first-order valence-corrected chi connectivity index (χ1v) is 9.55. The molecular weight excluding hydrogens is 480 g/mol. The lowest BCUT2D eigenvalue weighted by Crippen LogP contribution is -2.37. The molecule has 2 N–H and O–H groups in total. The molecule has 0 fully saturated rings. The molecule has 27 heavy (non-hydrogen) atoms. The van der Waals surface area contributed by atoms with Gasteiger partial charge in [-0.05, 0) is 42.7 Å². The molecule has 1 aromatic carbocycles. The highest BCUT2D eigenvalue weighted by Gasteiger charge is 2.16. The summed E-state index contributed by atoms with van der Waals surface area (Å²) in [7, 11) is 1.74. The number of guanidine groups is 1. The summed E-state index contributed by atoms with van der Waals surface area (Å²) in [5.41, 5.74) is 1.61. The minimum Gasteiger partial charge on any atom is -0.467 e. The number of aryl methyl sites for hydroxylation is 1. The quantitative estimate of drug-likeness (QED) is 0.356. The lowest BCUT2D eigenvalue weighted by atomic mass is 10.1. The topological polar surface area (TPSA) is 54.9 Å². The van der Waals surface area contributed by atoms with E-state index in [1.165, 1.54) is 21.9 Å². The van der Waals surface area contributed by atoms with E-state index in [0.717, 1.165) is 35.8 Å². The molecule has 5 nitrogen and oxygen atoms in total. The number of nitrogens with zero attached hydrogens (tertiary/aromatic N) is 1.